The maximum atomic E-state index is 4.54. The van der Waals surface area contributed by atoms with Crippen LogP contribution in [0.5, 0.6) is 0 Å². The second-order valence-corrected chi connectivity index (χ2v) is 5.35. The molecule has 0 amide bonds. The van der Waals surface area contributed by atoms with Gasteiger partial charge in [0.05, 0.1) is 0 Å². The summed E-state index contributed by atoms with van der Waals surface area (Å²) in [5, 5.41) is 7.92. The summed E-state index contributed by atoms with van der Waals surface area (Å²) in [7, 11) is 0. The summed E-state index contributed by atoms with van der Waals surface area (Å²) < 4.78 is 1.94. The van der Waals surface area contributed by atoms with Crippen molar-refractivity contribution in [3.8, 4) is 0 Å². The van der Waals surface area contributed by atoms with Crippen molar-refractivity contribution in [1.82, 2.24) is 14.8 Å². The van der Waals surface area contributed by atoms with Crippen LogP contribution in [0.4, 0.5) is 5.95 Å². The van der Waals surface area contributed by atoms with Crippen molar-refractivity contribution in [1.29, 1.82) is 0 Å². The van der Waals surface area contributed by atoms with Crippen LogP contribution >= 0.6 is 0 Å². The minimum absolute atomic E-state index is 0.0499. The number of allylic oxidation sites excluding steroid dienone is 1. The molecule has 1 aliphatic heterocycles. The van der Waals surface area contributed by atoms with E-state index >= 15 is 0 Å². The van der Waals surface area contributed by atoms with Crippen LogP contribution in [0.25, 0.3) is 5.70 Å². The molecule has 4 heteroatoms. The SMILES string of the molecule is Cc1nc2n(n1)C(c1ccccc1)C=C(c1ccccc1)N2. The van der Waals surface area contributed by atoms with Gasteiger partial charge in [-0.05, 0) is 24.1 Å². The van der Waals surface area contributed by atoms with Gasteiger partial charge in [0.25, 0.3) is 0 Å². The zero-order valence-electron chi connectivity index (χ0n) is 12.3. The lowest BCUT2D eigenvalue weighted by Gasteiger charge is -2.24. The molecule has 22 heavy (non-hydrogen) atoms. The van der Waals surface area contributed by atoms with Crippen LogP contribution in [0.3, 0.4) is 0 Å². The van der Waals surface area contributed by atoms with E-state index in [0.717, 1.165) is 23.0 Å². The van der Waals surface area contributed by atoms with Crippen molar-refractivity contribution in [3.63, 3.8) is 0 Å². The molecular formula is C18H16N4. The molecule has 1 aromatic heterocycles. The molecule has 0 saturated carbocycles. The van der Waals surface area contributed by atoms with Gasteiger partial charge in [0.2, 0.25) is 5.95 Å². The van der Waals surface area contributed by atoms with E-state index in [1.54, 1.807) is 0 Å². The predicted molar refractivity (Wildman–Crippen MR) is 87.4 cm³/mol. The molecule has 0 bridgehead atoms. The first-order chi connectivity index (χ1) is 10.8. The first-order valence-electron chi connectivity index (χ1n) is 7.33. The Morgan fingerprint density at radius 2 is 1.64 bits per heavy atom. The molecule has 4 nitrogen and oxygen atoms in total. The van der Waals surface area contributed by atoms with Crippen LogP contribution in [-0.2, 0) is 0 Å². The largest absolute Gasteiger partial charge is 0.324 e. The van der Waals surface area contributed by atoms with Gasteiger partial charge in [0.15, 0.2) is 0 Å². The van der Waals surface area contributed by atoms with Gasteiger partial charge < -0.3 is 5.32 Å². The fourth-order valence-corrected chi connectivity index (χ4v) is 2.77. The summed E-state index contributed by atoms with van der Waals surface area (Å²) in [5.41, 5.74) is 3.41. The summed E-state index contributed by atoms with van der Waals surface area (Å²) in [6.07, 6.45) is 2.20. The lowest BCUT2D eigenvalue weighted by atomic mass is 10.0. The van der Waals surface area contributed by atoms with Gasteiger partial charge in [0.1, 0.15) is 11.9 Å². The molecule has 2 heterocycles. The summed E-state index contributed by atoms with van der Waals surface area (Å²) in [6.45, 7) is 1.91. The zero-order valence-corrected chi connectivity index (χ0v) is 12.3. The zero-order chi connectivity index (χ0) is 14.9. The fourth-order valence-electron chi connectivity index (χ4n) is 2.77. The highest BCUT2D eigenvalue weighted by atomic mass is 15.4. The third-order valence-electron chi connectivity index (χ3n) is 3.80. The Morgan fingerprint density at radius 3 is 2.36 bits per heavy atom. The second-order valence-electron chi connectivity index (χ2n) is 5.35. The molecule has 2 aromatic carbocycles. The number of benzene rings is 2. The number of anilines is 1. The third kappa shape index (κ3) is 2.19. The number of nitrogens with zero attached hydrogens (tertiary/aromatic N) is 3. The number of hydrogen-bond acceptors (Lipinski definition) is 3. The number of aromatic nitrogens is 3. The molecule has 1 atom stereocenters. The van der Waals surface area contributed by atoms with Crippen molar-refractivity contribution < 1.29 is 0 Å². The maximum absolute atomic E-state index is 4.54. The highest BCUT2D eigenvalue weighted by Gasteiger charge is 2.24. The Morgan fingerprint density at radius 1 is 0.955 bits per heavy atom. The number of fused-ring (bicyclic) bond motifs is 1. The van der Waals surface area contributed by atoms with Crippen LogP contribution in [0.15, 0.2) is 66.7 Å². The van der Waals surface area contributed by atoms with Gasteiger partial charge in [-0.2, -0.15) is 10.1 Å². The quantitative estimate of drug-likeness (QED) is 0.783. The predicted octanol–water partition coefficient (Wildman–Crippen LogP) is 3.64. The molecule has 0 fully saturated rings. The number of rotatable bonds is 2. The van der Waals surface area contributed by atoms with Gasteiger partial charge >= 0.3 is 0 Å². The minimum Gasteiger partial charge on any atom is -0.324 e. The van der Waals surface area contributed by atoms with Gasteiger partial charge in [-0.25, -0.2) is 4.68 Å². The third-order valence-corrected chi connectivity index (χ3v) is 3.80. The van der Waals surface area contributed by atoms with E-state index in [0.29, 0.717) is 0 Å². The van der Waals surface area contributed by atoms with Crippen LogP contribution in [0, 0.1) is 6.92 Å². The first-order valence-corrected chi connectivity index (χ1v) is 7.33. The number of hydrogen-bond donors (Lipinski definition) is 1. The van der Waals surface area contributed by atoms with Gasteiger partial charge in [-0.3, -0.25) is 0 Å². The first kappa shape index (κ1) is 12.8. The smallest absolute Gasteiger partial charge is 0.226 e. The van der Waals surface area contributed by atoms with Crippen molar-refractivity contribution in [2.45, 2.75) is 13.0 Å². The second kappa shape index (κ2) is 5.15. The lowest BCUT2D eigenvalue weighted by Crippen LogP contribution is -2.20. The van der Waals surface area contributed by atoms with E-state index < -0.39 is 0 Å². The summed E-state index contributed by atoms with van der Waals surface area (Å²) in [6, 6.07) is 20.7. The molecule has 1 aliphatic rings. The molecule has 4 rings (SSSR count). The molecule has 0 saturated heterocycles. The minimum atomic E-state index is 0.0499. The van der Waals surface area contributed by atoms with Gasteiger partial charge in [-0.1, -0.05) is 60.7 Å². The van der Waals surface area contributed by atoms with Crippen molar-refractivity contribution in [3.05, 3.63) is 83.7 Å². The molecule has 0 spiro atoms. The molecule has 1 unspecified atom stereocenters. The van der Waals surface area contributed by atoms with Gasteiger partial charge in [-0.15, -0.1) is 0 Å². The van der Waals surface area contributed by atoms with E-state index in [9.17, 15) is 0 Å². The molecule has 1 N–H and O–H groups in total. The Labute approximate surface area is 129 Å². The van der Waals surface area contributed by atoms with E-state index in [2.05, 4.69) is 57.9 Å². The van der Waals surface area contributed by atoms with Crippen LogP contribution < -0.4 is 5.32 Å². The van der Waals surface area contributed by atoms with Gasteiger partial charge in [0, 0.05) is 5.70 Å². The molecule has 108 valence electrons. The van der Waals surface area contributed by atoms with E-state index in [-0.39, 0.29) is 6.04 Å². The Hall–Kier alpha value is -2.88. The van der Waals surface area contributed by atoms with Crippen LogP contribution in [-0.4, -0.2) is 14.8 Å². The van der Waals surface area contributed by atoms with Crippen molar-refractivity contribution in [2.24, 2.45) is 0 Å². The van der Waals surface area contributed by atoms with E-state index in [1.807, 2.05) is 35.9 Å². The van der Waals surface area contributed by atoms with E-state index in [4.69, 9.17) is 0 Å². The monoisotopic (exact) mass is 288 g/mol. The molecular weight excluding hydrogens is 272 g/mol. The number of aryl methyl sites for hydroxylation is 1. The average Bonchev–Trinajstić information content (AvgIpc) is 2.95. The Kier molecular flexibility index (Phi) is 3.00. The Bertz CT molecular complexity index is 819. The molecule has 3 aromatic rings. The summed E-state index contributed by atoms with van der Waals surface area (Å²) >= 11 is 0. The summed E-state index contributed by atoms with van der Waals surface area (Å²) in [4.78, 5) is 4.50. The summed E-state index contributed by atoms with van der Waals surface area (Å²) in [5.74, 6) is 1.55. The van der Waals surface area contributed by atoms with Crippen LogP contribution in [0.1, 0.15) is 23.0 Å². The van der Waals surface area contributed by atoms with Crippen molar-refractivity contribution >= 4 is 11.6 Å². The number of nitrogens with one attached hydrogen (secondary N) is 1. The highest BCUT2D eigenvalue weighted by molar-refractivity contribution is 5.77. The van der Waals surface area contributed by atoms with Crippen LogP contribution in [0.2, 0.25) is 0 Å². The standard InChI is InChI=1S/C18H16N4/c1-13-19-18-20-16(14-8-4-2-5-9-14)12-17(22(18)21-13)15-10-6-3-7-11-15/h2-12,17H,1H3,(H,19,20,21). The average molecular weight is 288 g/mol. The molecule has 0 aliphatic carbocycles. The molecule has 0 radical (unpaired) electrons. The fraction of sp³-hybridized carbons (Fsp3) is 0.111. The Balaban J connectivity index is 1.85. The maximum Gasteiger partial charge on any atom is 0.226 e. The highest BCUT2D eigenvalue weighted by Crippen LogP contribution is 2.32. The van der Waals surface area contributed by atoms with Crippen molar-refractivity contribution in [2.75, 3.05) is 5.32 Å². The topological polar surface area (TPSA) is 42.7 Å². The normalized spacial score (nSPS) is 16.6. The van der Waals surface area contributed by atoms with E-state index in [1.165, 1.54) is 5.56 Å². The lowest BCUT2D eigenvalue weighted by molar-refractivity contribution is 0.607.